The quantitative estimate of drug-likeness (QED) is 0.306. The highest BCUT2D eigenvalue weighted by Gasteiger charge is 2.49. The van der Waals surface area contributed by atoms with Crippen LogP contribution < -0.4 is 4.48 Å². The largest absolute Gasteiger partial charge is 0.396 e. The SMILES string of the molecule is FC(F)(F)Cc1nnc2c3cc(-c4ccccc4)c(-c4ccc([N+]56CN7CN(CN(C7)C5)C6)cc4)nc3ccn12. The third-order valence-electron chi connectivity index (χ3n) is 8.18. The lowest BCUT2D eigenvalue weighted by Crippen LogP contribution is -2.80. The maximum Gasteiger partial charge on any atom is 0.396 e. The molecule has 4 fully saturated rings. The Morgan fingerprint density at radius 2 is 1.45 bits per heavy atom. The molecule has 9 rings (SSSR count). The van der Waals surface area contributed by atoms with Gasteiger partial charge in [-0.05, 0) is 42.0 Å². The second kappa shape index (κ2) is 8.55. The lowest BCUT2D eigenvalue weighted by Gasteiger charge is -2.60. The van der Waals surface area contributed by atoms with Gasteiger partial charge in [0.1, 0.15) is 37.9 Å². The smallest absolute Gasteiger partial charge is 0.286 e. The van der Waals surface area contributed by atoms with Gasteiger partial charge in [-0.2, -0.15) is 13.2 Å². The van der Waals surface area contributed by atoms with Gasteiger partial charge in [0.2, 0.25) is 0 Å². The van der Waals surface area contributed by atoms with E-state index in [9.17, 15) is 13.2 Å². The molecule has 0 saturated carbocycles. The van der Waals surface area contributed by atoms with E-state index in [0.717, 1.165) is 66.9 Å². The summed E-state index contributed by atoms with van der Waals surface area (Å²) in [5.41, 5.74) is 5.97. The summed E-state index contributed by atoms with van der Waals surface area (Å²) < 4.78 is 41.7. The number of fused-ring (bicyclic) bond motifs is 3. The summed E-state index contributed by atoms with van der Waals surface area (Å²) in [6.45, 7) is 6.15. The number of nitrogens with zero attached hydrogens (tertiary/aromatic N) is 8. The molecule has 7 heterocycles. The van der Waals surface area contributed by atoms with Crippen molar-refractivity contribution in [1.29, 1.82) is 0 Å². The number of hydrogen-bond acceptors (Lipinski definition) is 6. The van der Waals surface area contributed by atoms with E-state index in [1.807, 2.05) is 36.4 Å². The number of rotatable bonds is 4. The molecule has 0 radical (unpaired) electrons. The average Bonchev–Trinajstić information content (AvgIpc) is 3.34. The minimum absolute atomic E-state index is 0.142. The molecule has 40 heavy (non-hydrogen) atoms. The molecule has 5 aromatic rings. The number of aromatic nitrogens is 4. The molecule has 0 aliphatic carbocycles. The zero-order chi connectivity index (χ0) is 27.1. The van der Waals surface area contributed by atoms with Crippen LogP contribution in [0, 0.1) is 0 Å². The second-order valence-corrected chi connectivity index (χ2v) is 11.2. The van der Waals surface area contributed by atoms with Crippen LogP contribution in [0.3, 0.4) is 0 Å². The minimum Gasteiger partial charge on any atom is -0.286 e. The standard InChI is InChI=1S/C29H26F3N8/c30-29(31,32)13-26-34-35-28-24-12-23(20-4-2-1-3-5-20)27(33-25(24)10-11-39(26)28)21-6-8-22(9-7-21)40-17-36-14-37(18-40)16-38(15-36)19-40/h1-12H,13-19H2/q+1. The van der Waals surface area contributed by atoms with Crippen LogP contribution in [0.4, 0.5) is 18.9 Å². The summed E-state index contributed by atoms with van der Waals surface area (Å²) in [6.07, 6.45) is -3.94. The van der Waals surface area contributed by atoms with Crippen molar-refractivity contribution in [3.05, 3.63) is 78.8 Å². The molecule has 11 heteroatoms. The Morgan fingerprint density at radius 1 is 0.775 bits per heavy atom. The van der Waals surface area contributed by atoms with E-state index < -0.39 is 12.6 Å². The van der Waals surface area contributed by atoms with Crippen LogP contribution in [-0.4, -0.2) is 80.5 Å². The molecule has 0 N–H and O–H groups in total. The number of quaternary nitrogens is 1. The summed E-state index contributed by atoms with van der Waals surface area (Å²) in [5.74, 6) is -0.142. The van der Waals surface area contributed by atoms with Gasteiger partial charge in [-0.25, -0.2) is 19.7 Å². The molecule has 8 nitrogen and oxygen atoms in total. The molecule has 4 aliphatic heterocycles. The van der Waals surface area contributed by atoms with Gasteiger partial charge in [0.15, 0.2) is 5.65 Å². The predicted molar refractivity (Wildman–Crippen MR) is 145 cm³/mol. The second-order valence-electron chi connectivity index (χ2n) is 11.2. The van der Waals surface area contributed by atoms with E-state index in [1.54, 1.807) is 12.3 Å². The Kier molecular flexibility index (Phi) is 5.12. The van der Waals surface area contributed by atoms with Gasteiger partial charge in [-0.1, -0.05) is 30.3 Å². The Balaban J connectivity index is 1.24. The number of hydrogen-bond donors (Lipinski definition) is 0. The lowest BCUT2D eigenvalue weighted by molar-refractivity contribution is -0.189. The zero-order valence-corrected chi connectivity index (χ0v) is 21.6. The Labute approximate surface area is 228 Å². The molecular weight excluding hydrogens is 517 g/mol. The zero-order valence-electron chi connectivity index (χ0n) is 21.6. The molecule has 0 unspecified atom stereocenters. The fraction of sp³-hybridized carbons (Fsp3) is 0.276. The Bertz CT molecular complexity index is 1710. The topological polar surface area (TPSA) is 52.8 Å². The predicted octanol–water partition coefficient (Wildman–Crippen LogP) is 4.72. The van der Waals surface area contributed by atoms with Crippen LogP contribution in [0.15, 0.2) is 72.9 Å². The third kappa shape index (κ3) is 3.88. The van der Waals surface area contributed by atoms with Gasteiger partial charge >= 0.3 is 6.18 Å². The Hall–Kier alpha value is -3.90. The normalized spacial score (nSPS) is 25.7. The van der Waals surface area contributed by atoms with E-state index in [2.05, 4.69) is 49.2 Å². The van der Waals surface area contributed by atoms with Crippen LogP contribution in [0.2, 0.25) is 0 Å². The average molecular weight is 544 g/mol. The lowest BCUT2D eigenvalue weighted by atomic mass is 9.97. The minimum atomic E-state index is -4.37. The van der Waals surface area contributed by atoms with E-state index >= 15 is 0 Å². The highest BCUT2D eigenvalue weighted by molar-refractivity contribution is 5.98. The number of alkyl halides is 3. The van der Waals surface area contributed by atoms with E-state index in [1.165, 1.54) is 10.1 Å². The summed E-state index contributed by atoms with van der Waals surface area (Å²) in [7, 11) is 0. The number of pyridine rings is 2. The molecule has 4 aliphatic rings. The molecule has 202 valence electrons. The molecule has 3 aromatic heterocycles. The fourth-order valence-corrected chi connectivity index (χ4v) is 6.71. The summed E-state index contributed by atoms with van der Waals surface area (Å²) >= 11 is 0. The monoisotopic (exact) mass is 543 g/mol. The van der Waals surface area contributed by atoms with E-state index in [0.29, 0.717) is 16.6 Å². The first-order valence-electron chi connectivity index (χ1n) is 13.3. The van der Waals surface area contributed by atoms with Crippen molar-refractivity contribution in [2.75, 3.05) is 40.0 Å². The first kappa shape index (κ1) is 23.9. The fourth-order valence-electron chi connectivity index (χ4n) is 6.71. The third-order valence-corrected chi connectivity index (χ3v) is 8.18. The molecular formula is C29H26F3N8+. The molecule has 4 saturated heterocycles. The van der Waals surface area contributed by atoms with Crippen LogP contribution in [0.1, 0.15) is 5.82 Å². The van der Waals surface area contributed by atoms with Crippen molar-refractivity contribution >= 4 is 22.2 Å². The first-order chi connectivity index (χ1) is 19.3. The van der Waals surface area contributed by atoms with Gasteiger partial charge in [-0.3, -0.25) is 8.88 Å². The van der Waals surface area contributed by atoms with Gasteiger partial charge in [0, 0.05) is 22.7 Å². The maximum atomic E-state index is 13.1. The number of benzene rings is 2. The van der Waals surface area contributed by atoms with Gasteiger partial charge in [0.25, 0.3) is 0 Å². The van der Waals surface area contributed by atoms with Crippen LogP contribution >= 0.6 is 0 Å². The van der Waals surface area contributed by atoms with Crippen molar-refractivity contribution in [1.82, 2.24) is 38.8 Å². The highest BCUT2D eigenvalue weighted by Crippen LogP contribution is 2.38. The van der Waals surface area contributed by atoms with E-state index in [4.69, 9.17) is 4.98 Å². The molecule has 0 spiro atoms. The van der Waals surface area contributed by atoms with Crippen molar-refractivity contribution in [2.45, 2.75) is 12.6 Å². The number of halogens is 3. The molecule has 0 amide bonds. The van der Waals surface area contributed by atoms with Gasteiger partial charge in [0.05, 0.1) is 31.2 Å². The Morgan fingerprint density at radius 3 is 2.10 bits per heavy atom. The summed E-state index contributed by atoms with van der Waals surface area (Å²) in [4.78, 5) is 12.5. The molecule has 0 atom stereocenters. The maximum absolute atomic E-state index is 13.1. The first-order valence-corrected chi connectivity index (χ1v) is 13.3. The van der Waals surface area contributed by atoms with Crippen molar-refractivity contribution in [2.24, 2.45) is 0 Å². The summed E-state index contributed by atoms with van der Waals surface area (Å²) in [6, 6.07) is 22.4. The molecule has 4 bridgehead atoms. The molecule has 2 aromatic carbocycles. The van der Waals surface area contributed by atoms with Crippen LogP contribution in [-0.2, 0) is 6.42 Å². The van der Waals surface area contributed by atoms with E-state index in [-0.39, 0.29) is 5.82 Å². The van der Waals surface area contributed by atoms with Crippen LogP contribution in [0.25, 0.3) is 38.9 Å². The summed E-state index contributed by atoms with van der Waals surface area (Å²) in [5, 5.41) is 8.64. The van der Waals surface area contributed by atoms with Crippen molar-refractivity contribution in [3.8, 4) is 22.4 Å². The highest BCUT2D eigenvalue weighted by atomic mass is 19.4. The van der Waals surface area contributed by atoms with Gasteiger partial charge in [-0.15, -0.1) is 10.2 Å². The van der Waals surface area contributed by atoms with Crippen molar-refractivity contribution < 1.29 is 13.2 Å². The van der Waals surface area contributed by atoms with Crippen molar-refractivity contribution in [3.63, 3.8) is 0 Å². The van der Waals surface area contributed by atoms with Gasteiger partial charge < -0.3 is 0 Å². The van der Waals surface area contributed by atoms with Crippen LogP contribution in [0.5, 0.6) is 0 Å².